The lowest BCUT2D eigenvalue weighted by Gasteiger charge is -2.13. The number of aromatic nitrogens is 4. The van der Waals surface area contributed by atoms with Crippen LogP contribution in [0.2, 0.25) is 10.3 Å². The first-order valence-corrected chi connectivity index (χ1v) is 10.0. The molecule has 0 saturated carbocycles. The second-order valence-corrected chi connectivity index (χ2v) is 7.57. The summed E-state index contributed by atoms with van der Waals surface area (Å²) in [5.74, 6) is 0.0963. The molecule has 0 radical (unpaired) electrons. The molecule has 3 heterocycles. The van der Waals surface area contributed by atoms with Gasteiger partial charge >= 0.3 is 12.2 Å². The largest absolute Gasteiger partial charge is 0.435 e. The highest BCUT2D eigenvalue weighted by atomic mass is 35.5. The molecule has 8 nitrogen and oxygen atoms in total. The average molecular weight is 496 g/mol. The minimum Gasteiger partial charge on any atom is -0.306 e. The molecule has 33 heavy (non-hydrogen) atoms. The summed E-state index contributed by atoms with van der Waals surface area (Å²) in [6.07, 6.45) is -4.68. The third-order valence-electron chi connectivity index (χ3n) is 4.47. The van der Waals surface area contributed by atoms with Crippen molar-refractivity contribution in [2.24, 2.45) is 7.05 Å². The number of aryl methyl sites for hydroxylation is 1. The minimum absolute atomic E-state index is 0.0129. The topological polar surface area (TPSA) is 96.8 Å². The molecule has 3 N–H and O–H groups in total. The molecule has 1 aromatic carbocycles. The summed E-state index contributed by atoms with van der Waals surface area (Å²) in [6.45, 7) is 0. The maximum atomic E-state index is 13.6. The lowest BCUT2D eigenvalue weighted by Crippen LogP contribution is -2.34. The van der Waals surface area contributed by atoms with Crippen molar-refractivity contribution in [1.82, 2.24) is 25.2 Å². The van der Waals surface area contributed by atoms with Crippen molar-refractivity contribution in [3.05, 3.63) is 64.5 Å². The molecule has 13 heteroatoms. The van der Waals surface area contributed by atoms with Crippen molar-refractivity contribution in [2.45, 2.75) is 6.18 Å². The van der Waals surface area contributed by atoms with Crippen LogP contribution in [0.4, 0.5) is 29.5 Å². The Morgan fingerprint density at radius 3 is 2.33 bits per heavy atom. The first-order valence-electron chi connectivity index (χ1n) is 9.28. The highest BCUT2D eigenvalue weighted by molar-refractivity contribution is 6.33. The van der Waals surface area contributed by atoms with Gasteiger partial charge in [-0.1, -0.05) is 53.5 Å². The van der Waals surface area contributed by atoms with Gasteiger partial charge in [-0.3, -0.25) is 10.9 Å². The van der Waals surface area contributed by atoms with Crippen LogP contribution >= 0.6 is 23.2 Å². The van der Waals surface area contributed by atoms with Gasteiger partial charge in [-0.2, -0.15) is 18.3 Å². The zero-order chi connectivity index (χ0) is 23.8. The van der Waals surface area contributed by atoms with Crippen molar-refractivity contribution in [1.29, 1.82) is 0 Å². The predicted octanol–water partition coefficient (Wildman–Crippen LogP) is 5.50. The Hall–Kier alpha value is -3.57. The van der Waals surface area contributed by atoms with Crippen molar-refractivity contribution < 1.29 is 18.0 Å². The van der Waals surface area contributed by atoms with Gasteiger partial charge in [0.05, 0.1) is 5.39 Å². The monoisotopic (exact) mass is 495 g/mol. The number of rotatable bonds is 4. The van der Waals surface area contributed by atoms with Gasteiger partial charge in [-0.25, -0.2) is 19.4 Å². The SMILES string of the molecule is Cn1nc(C(F)(F)F)c2c(-c3ccccc3)cc(NNC(=O)Nc3cc(Cl)nc(Cl)c3)nc21. The zero-order valence-corrected chi connectivity index (χ0v) is 18.2. The number of benzene rings is 1. The fraction of sp³-hybridized carbons (Fsp3) is 0.100. The molecule has 0 atom stereocenters. The van der Waals surface area contributed by atoms with Crippen molar-refractivity contribution in [3.8, 4) is 11.1 Å². The summed E-state index contributed by atoms with van der Waals surface area (Å²) in [5.41, 5.74) is 4.96. The molecule has 2 amide bonds. The number of amides is 2. The number of hydrogen-bond donors (Lipinski definition) is 3. The number of hydrogen-bond acceptors (Lipinski definition) is 5. The van der Waals surface area contributed by atoms with Crippen LogP contribution in [0.5, 0.6) is 0 Å². The van der Waals surface area contributed by atoms with Crippen molar-refractivity contribution in [3.63, 3.8) is 0 Å². The molecule has 0 bridgehead atoms. The van der Waals surface area contributed by atoms with Gasteiger partial charge in [0.15, 0.2) is 11.3 Å². The maximum absolute atomic E-state index is 13.6. The summed E-state index contributed by atoms with van der Waals surface area (Å²) in [6, 6.07) is 12.0. The number of carbonyl (C=O) groups excluding carboxylic acids is 1. The normalized spacial score (nSPS) is 11.5. The van der Waals surface area contributed by atoms with Gasteiger partial charge < -0.3 is 5.32 Å². The lowest BCUT2D eigenvalue weighted by molar-refractivity contribution is -0.140. The number of fused-ring (bicyclic) bond motifs is 1. The van der Waals surface area contributed by atoms with Gasteiger partial charge in [0.25, 0.3) is 0 Å². The standard InChI is InChI=1S/C20H14Cl2F3N7O/c1-32-18-16(17(31-32)20(23,24)25)12(10-5-3-2-4-6-10)9-15(28-18)29-30-19(33)26-11-7-13(21)27-14(22)8-11/h2-9H,1H3,(H,28,29)(H2,26,27,30,33). The van der Waals surface area contributed by atoms with E-state index in [9.17, 15) is 18.0 Å². The Kier molecular flexibility index (Phi) is 6.00. The van der Waals surface area contributed by atoms with Crippen LogP contribution in [0, 0.1) is 0 Å². The molecular weight excluding hydrogens is 482 g/mol. The third-order valence-corrected chi connectivity index (χ3v) is 4.86. The van der Waals surface area contributed by atoms with E-state index in [1.807, 2.05) is 0 Å². The van der Waals surface area contributed by atoms with Crippen LogP contribution < -0.4 is 16.2 Å². The molecular formula is C20H14Cl2F3N7O. The number of alkyl halides is 3. The van der Waals surface area contributed by atoms with Gasteiger partial charge in [0.1, 0.15) is 16.1 Å². The molecule has 0 aliphatic carbocycles. The summed E-state index contributed by atoms with van der Waals surface area (Å²) in [7, 11) is 1.36. The van der Waals surface area contributed by atoms with E-state index in [4.69, 9.17) is 23.2 Å². The van der Waals surface area contributed by atoms with Gasteiger partial charge in [0, 0.05) is 12.7 Å². The number of anilines is 2. The molecule has 4 rings (SSSR count). The van der Waals surface area contributed by atoms with E-state index >= 15 is 0 Å². The fourth-order valence-corrected chi connectivity index (χ4v) is 3.64. The average Bonchev–Trinajstić information content (AvgIpc) is 3.09. The van der Waals surface area contributed by atoms with E-state index in [1.165, 1.54) is 25.2 Å². The van der Waals surface area contributed by atoms with E-state index < -0.39 is 17.9 Å². The molecule has 0 fully saturated rings. The molecule has 3 aromatic heterocycles. The predicted molar refractivity (Wildman–Crippen MR) is 119 cm³/mol. The van der Waals surface area contributed by atoms with E-state index in [-0.39, 0.29) is 38.4 Å². The number of hydrazine groups is 1. The van der Waals surface area contributed by atoms with Crippen LogP contribution in [0.15, 0.2) is 48.5 Å². The second-order valence-electron chi connectivity index (χ2n) is 6.80. The number of nitrogens with one attached hydrogen (secondary N) is 3. The first kappa shape index (κ1) is 22.6. The molecule has 4 aromatic rings. The van der Waals surface area contributed by atoms with Crippen LogP contribution in [0.25, 0.3) is 22.2 Å². The highest BCUT2D eigenvalue weighted by Gasteiger charge is 2.38. The Balaban J connectivity index is 1.67. The molecule has 0 aliphatic heterocycles. The van der Waals surface area contributed by atoms with Crippen molar-refractivity contribution >= 4 is 51.8 Å². The summed E-state index contributed by atoms with van der Waals surface area (Å²) < 4.78 is 42.0. The van der Waals surface area contributed by atoms with E-state index in [1.54, 1.807) is 30.3 Å². The van der Waals surface area contributed by atoms with Gasteiger partial charge in [-0.05, 0) is 29.3 Å². The Morgan fingerprint density at radius 2 is 1.70 bits per heavy atom. The zero-order valence-electron chi connectivity index (χ0n) is 16.7. The van der Waals surface area contributed by atoms with Crippen LogP contribution in [-0.2, 0) is 13.2 Å². The first-order chi connectivity index (χ1) is 15.6. The summed E-state index contributed by atoms with van der Waals surface area (Å²) in [4.78, 5) is 20.2. The summed E-state index contributed by atoms with van der Waals surface area (Å²) >= 11 is 11.6. The molecule has 0 spiro atoms. The minimum atomic E-state index is -4.68. The molecule has 0 saturated heterocycles. The Morgan fingerprint density at radius 1 is 1.03 bits per heavy atom. The highest BCUT2D eigenvalue weighted by Crippen LogP contribution is 2.39. The van der Waals surface area contributed by atoms with E-state index in [2.05, 4.69) is 31.2 Å². The lowest BCUT2D eigenvalue weighted by atomic mass is 10.0. The maximum Gasteiger partial charge on any atom is 0.435 e. The van der Waals surface area contributed by atoms with E-state index in [0.717, 1.165) is 4.68 Å². The third kappa shape index (κ3) is 4.94. The number of nitrogens with zero attached hydrogens (tertiary/aromatic N) is 4. The van der Waals surface area contributed by atoms with E-state index in [0.29, 0.717) is 5.56 Å². The number of halogens is 5. The number of pyridine rings is 2. The fourth-order valence-electron chi connectivity index (χ4n) is 3.17. The number of urea groups is 1. The van der Waals surface area contributed by atoms with Crippen LogP contribution in [0.1, 0.15) is 5.69 Å². The Labute approximate surface area is 194 Å². The Bertz CT molecular complexity index is 1320. The van der Waals surface area contributed by atoms with Crippen molar-refractivity contribution in [2.75, 3.05) is 10.7 Å². The van der Waals surface area contributed by atoms with Gasteiger partial charge in [0.2, 0.25) is 0 Å². The van der Waals surface area contributed by atoms with Gasteiger partial charge in [-0.15, -0.1) is 0 Å². The molecule has 0 aliphatic rings. The van der Waals surface area contributed by atoms with Crippen LogP contribution in [-0.4, -0.2) is 25.8 Å². The second kappa shape index (κ2) is 8.75. The number of carbonyl (C=O) groups is 1. The quantitative estimate of drug-likeness (QED) is 0.256. The molecule has 170 valence electrons. The molecule has 0 unspecified atom stereocenters. The van der Waals surface area contributed by atoms with Crippen LogP contribution in [0.3, 0.4) is 0 Å². The smallest absolute Gasteiger partial charge is 0.306 e. The summed E-state index contributed by atoms with van der Waals surface area (Å²) in [5, 5.41) is 6.15.